The van der Waals surface area contributed by atoms with Crippen molar-refractivity contribution < 1.29 is 24.6 Å². The van der Waals surface area contributed by atoms with Gasteiger partial charge in [0.25, 0.3) is 0 Å². The molecule has 0 amide bonds. The molecule has 12 nitrogen and oxygen atoms in total. The van der Waals surface area contributed by atoms with Crippen LogP contribution in [0.3, 0.4) is 0 Å². The molecule has 1 saturated heterocycles. The van der Waals surface area contributed by atoms with Crippen molar-refractivity contribution in [1.29, 1.82) is 0 Å². The average molecular weight is 309 g/mol. The van der Waals surface area contributed by atoms with Gasteiger partial charge in [0.2, 0.25) is 18.1 Å². The molecule has 22 heavy (non-hydrogen) atoms. The van der Waals surface area contributed by atoms with E-state index in [1.807, 2.05) is 0 Å². The number of aliphatic hydroxyl groups excluding tert-OH is 3. The quantitative estimate of drug-likeness (QED) is 0.218. The summed E-state index contributed by atoms with van der Waals surface area (Å²) in [6.45, 7) is -0.457. The van der Waals surface area contributed by atoms with Crippen molar-refractivity contribution in [2.75, 3.05) is 12.3 Å². The molecule has 1 fully saturated rings. The zero-order chi connectivity index (χ0) is 15.9. The second-order valence-electron chi connectivity index (χ2n) is 4.71. The molecule has 116 valence electrons. The van der Waals surface area contributed by atoms with Crippen molar-refractivity contribution in [2.24, 2.45) is 5.22 Å². The smallest absolute Gasteiger partial charge is 0.310 e. The third kappa shape index (κ3) is 2.03. The molecule has 12 heteroatoms. The molecule has 0 unspecified atom stereocenters. The Morgan fingerprint density at radius 2 is 2.23 bits per heavy atom. The normalized spacial score (nSPS) is 28.0. The number of rotatable bonds is 3. The summed E-state index contributed by atoms with van der Waals surface area (Å²) in [5, 5.41) is 32.5. The second-order valence-corrected chi connectivity index (χ2v) is 4.71. The first-order chi connectivity index (χ1) is 10.6. The highest BCUT2D eigenvalue weighted by Crippen LogP contribution is 2.27. The van der Waals surface area contributed by atoms with Crippen LogP contribution in [-0.4, -0.2) is 54.9 Å². The van der Waals surface area contributed by atoms with Gasteiger partial charge in [0.05, 0.1) is 6.61 Å². The molecule has 0 bridgehead atoms. The lowest BCUT2D eigenvalue weighted by atomic mass is 10.1. The van der Waals surface area contributed by atoms with Gasteiger partial charge in [0.15, 0.2) is 12.1 Å². The minimum atomic E-state index is -1.30. The number of azide groups is 1. The maximum atomic E-state index is 10.1. The van der Waals surface area contributed by atoms with Gasteiger partial charge >= 0.3 is 5.65 Å². The third-order valence-electron chi connectivity index (χ3n) is 3.47. The molecule has 3 heterocycles. The number of nitrogen functional groups attached to an aromatic ring is 1. The standard InChI is InChI=1S/C10H13N8O4/c11-8-5-9(14-2-13-8)17(3-18(5)16-15-12)10-7(21)6(20)4(1-19)22-10/h2-4,6-7,10,19-21H,1H2,(H2,11,13,14)/q+1/t4-,6-,7-,10-/m1/s1. The Kier molecular flexibility index (Phi) is 3.52. The fraction of sp³-hybridized carbons (Fsp3) is 0.500. The van der Waals surface area contributed by atoms with Crippen molar-refractivity contribution >= 4 is 17.0 Å². The first-order valence-electron chi connectivity index (χ1n) is 6.29. The van der Waals surface area contributed by atoms with Crippen LogP contribution in [0.15, 0.2) is 17.9 Å². The van der Waals surface area contributed by atoms with Crippen molar-refractivity contribution in [1.82, 2.24) is 14.6 Å². The average Bonchev–Trinajstić information content (AvgIpc) is 3.00. The summed E-state index contributed by atoms with van der Waals surface area (Å²) in [6.07, 6.45) is -2.02. The number of aromatic nitrogens is 4. The first kappa shape index (κ1) is 14.4. The summed E-state index contributed by atoms with van der Waals surface area (Å²) in [5.74, 6) is 0.0721. The molecule has 1 aliphatic heterocycles. The number of nitrogens with two attached hydrogens (primary N) is 1. The zero-order valence-corrected chi connectivity index (χ0v) is 11.1. The molecule has 0 radical (unpaired) electrons. The summed E-state index contributed by atoms with van der Waals surface area (Å²) in [7, 11) is 0. The molecule has 2 aromatic heterocycles. The van der Waals surface area contributed by atoms with E-state index in [1.54, 1.807) is 0 Å². The van der Waals surface area contributed by atoms with E-state index >= 15 is 0 Å². The molecule has 4 atom stereocenters. The molecule has 0 spiro atoms. The number of hydrogen-bond acceptors (Lipinski definition) is 8. The predicted molar refractivity (Wildman–Crippen MR) is 69.7 cm³/mol. The largest absolute Gasteiger partial charge is 0.394 e. The molecule has 1 aliphatic rings. The minimum Gasteiger partial charge on any atom is -0.394 e. The summed E-state index contributed by atoms with van der Waals surface area (Å²) in [5.41, 5.74) is 14.8. The number of aliphatic hydroxyl groups is 3. The Morgan fingerprint density at radius 3 is 2.86 bits per heavy atom. The van der Waals surface area contributed by atoms with E-state index in [0.717, 1.165) is 4.68 Å². The van der Waals surface area contributed by atoms with Crippen molar-refractivity contribution in [3.05, 3.63) is 23.1 Å². The van der Waals surface area contributed by atoms with Crippen LogP contribution < -0.4 is 10.3 Å². The van der Waals surface area contributed by atoms with E-state index < -0.39 is 31.1 Å². The number of imidazole rings is 1. The fourth-order valence-corrected chi connectivity index (χ4v) is 2.43. The summed E-state index contributed by atoms with van der Waals surface area (Å²) in [4.78, 5) is 10.5. The van der Waals surface area contributed by atoms with Crippen LogP contribution in [0.1, 0.15) is 6.23 Å². The zero-order valence-electron chi connectivity index (χ0n) is 11.1. The SMILES string of the molecule is [N-]=[N+]=Nn1c[n+]([C@@H]2O[C@H](CO)[C@@H](O)[C@H]2O)c2ncnc(N)c21. The fourth-order valence-electron chi connectivity index (χ4n) is 2.43. The van der Waals surface area contributed by atoms with Gasteiger partial charge in [-0.05, 0) is 5.22 Å². The van der Waals surface area contributed by atoms with Gasteiger partial charge < -0.3 is 25.8 Å². The lowest BCUT2D eigenvalue weighted by Gasteiger charge is -2.11. The number of nitrogens with zero attached hydrogens (tertiary/aromatic N) is 7. The molecule has 5 N–H and O–H groups in total. The highest BCUT2D eigenvalue weighted by atomic mass is 16.6. The van der Waals surface area contributed by atoms with Crippen LogP contribution in [0.25, 0.3) is 21.6 Å². The van der Waals surface area contributed by atoms with Crippen molar-refractivity contribution in [3.63, 3.8) is 0 Å². The van der Waals surface area contributed by atoms with E-state index in [1.165, 1.54) is 17.2 Å². The number of fused-ring (bicyclic) bond motifs is 1. The molecule has 0 aliphatic carbocycles. The Morgan fingerprint density at radius 1 is 1.45 bits per heavy atom. The van der Waals surface area contributed by atoms with E-state index in [9.17, 15) is 10.2 Å². The lowest BCUT2D eigenvalue weighted by molar-refractivity contribution is -0.746. The highest BCUT2D eigenvalue weighted by Gasteiger charge is 2.46. The van der Waals surface area contributed by atoms with Crippen LogP contribution >= 0.6 is 0 Å². The van der Waals surface area contributed by atoms with Crippen LogP contribution in [0.2, 0.25) is 0 Å². The lowest BCUT2D eigenvalue weighted by Crippen LogP contribution is -2.45. The number of hydrogen-bond donors (Lipinski definition) is 4. The molecule has 0 saturated carbocycles. The molecule has 3 rings (SSSR count). The van der Waals surface area contributed by atoms with Gasteiger partial charge in [-0.2, -0.15) is 14.6 Å². The molecular weight excluding hydrogens is 296 g/mol. The maximum absolute atomic E-state index is 10.1. The molecule has 2 aromatic rings. The van der Waals surface area contributed by atoms with Crippen LogP contribution in [0.4, 0.5) is 5.82 Å². The summed E-state index contributed by atoms with van der Waals surface area (Å²) >= 11 is 0. The van der Waals surface area contributed by atoms with Gasteiger partial charge in [0, 0.05) is 0 Å². The highest BCUT2D eigenvalue weighted by molar-refractivity contribution is 5.78. The van der Waals surface area contributed by atoms with E-state index in [-0.39, 0.29) is 17.0 Å². The van der Waals surface area contributed by atoms with Gasteiger partial charge in [-0.1, -0.05) is 4.98 Å². The van der Waals surface area contributed by atoms with Gasteiger partial charge in [0.1, 0.15) is 18.3 Å². The molecular formula is C10H13N8O4+. The van der Waals surface area contributed by atoms with Crippen LogP contribution in [-0.2, 0) is 4.74 Å². The Bertz CT molecular complexity index is 757. The first-order valence-corrected chi connectivity index (χ1v) is 6.29. The van der Waals surface area contributed by atoms with Crippen LogP contribution in [0.5, 0.6) is 0 Å². The maximum Gasteiger partial charge on any atom is 0.310 e. The minimum absolute atomic E-state index is 0.0721. The Balaban J connectivity index is 2.16. The third-order valence-corrected chi connectivity index (χ3v) is 3.47. The van der Waals surface area contributed by atoms with E-state index in [4.69, 9.17) is 21.1 Å². The summed E-state index contributed by atoms with van der Waals surface area (Å²) < 4.78 is 7.87. The number of ether oxygens (including phenoxy) is 1. The second kappa shape index (κ2) is 5.36. The molecule has 0 aromatic carbocycles. The van der Waals surface area contributed by atoms with Gasteiger partial charge in [-0.3, -0.25) is 0 Å². The van der Waals surface area contributed by atoms with Crippen molar-refractivity contribution in [2.45, 2.75) is 24.5 Å². The number of anilines is 1. The monoisotopic (exact) mass is 309 g/mol. The van der Waals surface area contributed by atoms with Crippen molar-refractivity contribution in [3.8, 4) is 0 Å². The topological polar surface area (TPSA) is 179 Å². The van der Waals surface area contributed by atoms with Gasteiger partial charge in [-0.25, -0.2) is 4.57 Å². The van der Waals surface area contributed by atoms with E-state index in [2.05, 4.69) is 20.1 Å². The Hall–Kier alpha value is -2.50. The summed E-state index contributed by atoms with van der Waals surface area (Å²) in [6, 6.07) is 0. The predicted octanol–water partition coefficient (Wildman–Crippen LogP) is -2.01. The van der Waals surface area contributed by atoms with E-state index in [0.29, 0.717) is 0 Å². The van der Waals surface area contributed by atoms with Crippen LogP contribution in [0, 0.1) is 0 Å². The van der Waals surface area contributed by atoms with Gasteiger partial charge in [-0.15, -0.1) is 5.53 Å². The Labute approximate surface area is 122 Å².